The van der Waals surface area contributed by atoms with Gasteiger partial charge < -0.3 is 10.4 Å². The van der Waals surface area contributed by atoms with E-state index in [4.69, 9.17) is 0 Å². The number of nitrogens with zero attached hydrogens (tertiary/aromatic N) is 1. The van der Waals surface area contributed by atoms with E-state index in [9.17, 15) is 5.11 Å². The van der Waals surface area contributed by atoms with E-state index in [1.807, 2.05) is 6.07 Å². The number of hydrogen-bond acceptors (Lipinski definition) is 3. The van der Waals surface area contributed by atoms with E-state index >= 15 is 0 Å². The van der Waals surface area contributed by atoms with Crippen LogP contribution in [0.2, 0.25) is 0 Å². The maximum Gasteiger partial charge on any atom is 0.0819 e. The second-order valence-electron chi connectivity index (χ2n) is 4.53. The summed E-state index contributed by atoms with van der Waals surface area (Å²) in [6.07, 6.45) is 0.771. The van der Waals surface area contributed by atoms with Crippen molar-refractivity contribution in [2.24, 2.45) is 0 Å². The maximum atomic E-state index is 9.91. The Kier molecular flexibility index (Phi) is 3.93. The molecule has 1 aromatic rings. The van der Waals surface area contributed by atoms with Crippen LogP contribution < -0.4 is 5.32 Å². The van der Waals surface area contributed by atoms with Crippen molar-refractivity contribution in [3.8, 4) is 0 Å². The van der Waals surface area contributed by atoms with Gasteiger partial charge in [-0.2, -0.15) is 0 Å². The first kappa shape index (κ1) is 11.6. The smallest absolute Gasteiger partial charge is 0.0819 e. The normalized spacial score (nSPS) is 25.9. The lowest BCUT2D eigenvalue weighted by Crippen LogP contribution is -2.51. The number of aliphatic hydroxyl groups excluding tert-OH is 1. The first-order valence-corrected chi connectivity index (χ1v) is 5.90. The molecule has 0 radical (unpaired) electrons. The van der Waals surface area contributed by atoms with Crippen molar-refractivity contribution in [3.63, 3.8) is 0 Å². The zero-order chi connectivity index (χ0) is 11.4. The summed E-state index contributed by atoms with van der Waals surface area (Å²) in [5, 5.41) is 13.1. The SMILES string of the molecule is CN(Cc1ccccc1)C1CCNCC1O. The minimum Gasteiger partial charge on any atom is -0.390 e. The Hall–Kier alpha value is -0.900. The summed E-state index contributed by atoms with van der Waals surface area (Å²) in [6.45, 7) is 2.62. The summed E-state index contributed by atoms with van der Waals surface area (Å²) in [5.41, 5.74) is 1.30. The Labute approximate surface area is 97.1 Å². The van der Waals surface area contributed by atoms with E-state index in [0.29, 0.717) is 6.54 Å². The monoisotopic (exact) mass is 220 g/mol. The average molecular weight is 220 g/mol. The topological polar surface area (TPSA) is 35.5 Å². The Morgan fingerprint density at radius 2 is 2.12 bits per heavy atom. The number of nitrogens with one attached hydrogen (secondary N) is 1. The molecule has 1 aliphatic heterocycles. The van der Waals surface area contributed by atoms with Crippen molar-refractivity contribution in [3.05, 3.63) is 35.9 Å². The number of β-amino-alcohol motifs (C(OH)–C–C–N with tert-alkyl or cyclic N) is 1. The van der Waals surface area contributed by atoms with E-state index in [1.165, 1.54) is 5.56 Å². The molecule has 0 amide bonds. The molecule has 3 heteroatoms. The molecule has 2 atom stereocenters. The molecule has 1 aromatic carbocycles. The van der Waals surface area contributed by atoms with Crippen molar-refractivity contribution < 1.29 is 5.11 Å². The zero-order valence-corrected chi connectivity index (χ0v) is 9.76. The van der Waals surface area contributed by atoms with Gasteiger partial charge in [-0.1, -0.05) is 30.3 Å². The van der Waals surface area contributed by atoms with Crippen LogP contribution in [0.3, 0.4) is 0 Å². The van der Waals surface area contributed by atoms with Gasteiger partial charge in [0.15, 0.2) is 0 Å². The molecule has 1 fully saturated rings. The highest BCUT2D eigenvalue weighted by atomic mass is 16.3. The maximum absolute atomic E-state index is 9.91. The van der Waals surface area contributed by atoms with E-state index < -0.39 is 0 Å². The molecular weight excluding hydrogens is 200 g/mol. The van der Waals surface area contributed by atoms with Crippen molar-refractivity contribution in [1.82, 2.24) is 10.2 Å². The number of rotatable bonds is 3. The third-order valence-corrected chi connectivity index (χ3v) is 3.26. The van der Waals surface area contributed by atoms with Gasteiger partial charge in [0.2, 0.25) is 0 Å². The zero-order valence-electron chi connectivity index (χ0n) is 9.76. The Bertz CT molecular complexity index is 315. The summed E-state index contributed by atoms with van der Waals surface area (Å²) in [7, 11) is 2.09. The quantitative estimate of drug-likeness (QED) is 0.792. The van der Waals surface area contributed by atoms with E-state index in [0.717, 1.165) is 19.5 Å². The van der Waals surface area contributed by atoms with Crippen LogP contribution in [0.15, 0.2) is 30.3 Å². The number of hydrogen-bond donors (Lipinski definition) is 2. The summed E-state index contributed by atoms with van der Waals surface area (Å²) in [5.74, 6) is 0. The molecule has 88 valence electrons. The van der Waals surface area contributed by atoms with Crippen LogP contribution in [0.25, 0.3) is 0 Å². The average Bonchev–Trinajstić information content (AvgIpc) is 2.31. The third-order valence-electron chi connectivity index (χ3n) is 3.26. The van der Waals surface area contributed by atoms with Crippen molar-refractivity contribution >= 4 is 0 Å². The molecule has 2 N–H and O–H groups in total. The molecule has 0 aliphatic carbocycles. The van der Waals surface area contributed by atoms with Crippen LogP contribution in [-0.2, 0) is 6.54 Å². The van der Waals surface area contributed by atoms with Gasteiger partial charge in [-0.05, 0) is 25.6 Å². The highest BCUT2D eigenvalue weighted by molar-refractivity contribution is 5.14. The highest BCUT2D eigenvalue weighted by Gasteiger charge is 2.26. The lowest BCUT2D eigenvalue weighted by atomic mass is 10.0. The van der Waals surface area contributed by atoms with Gasteiger partial charge in [-0.25, -0.2) is 0 Å². The van der Waals surface area contributed by atoms with Gasteiger partial charge >= 0.3 is 0 Å². The first-order chi connectivity index (χ1) is 7.77. The molecule has 2 unspecified atom stereocenters. The lowest BCUT2D eigenvalue weighted by Gasteiger charge is -2.35. The molecule has 1 aliphatic rings. The molecule has 0 spiro atoms. The van der Waals surface area contributed by atoms with Gasteiger partial charge in [0.1, 0.15) is 0 Å². The van der Waals surface area contributed by atoms with Crippen molar-refractivity contribution in [2.75, 3.05) is 20.1 Å². The van der Waals surface area contributed by atoms with Gasteiger partial charge in [0, 0.05) is 19.1 Å². The van der Waals surface area contributed by atoms with Crippen LogP contribution in [0.5, 0.6) is 0 Å². The largest absolute Gasteiger partial charge is 0.390 e. The summed E-state index contributed by atoms with van der Waals surface area (Å²) < 4.78 is 0. The summed E-state index contributed by atoms with van der Waals surface area (Å²) in [6, 6.07) is 10.7. The van der Waals surface area contributed by atoms with Gasteiger partial charge in [0.25, 0.3) is 0 Å². The molecule has 1 saturated heterocycles. The fourth-order valence-corrected chi connectivity index (χ4v) is 2.33. The van der Waals surface area contributed by atoms with Crippen LogP contribution in [0.4, 0.5) is 0 Å². The number of benzene rings is 1. The molecule has 16 heavy (non-hydrogen) atoms. The minimum absolute atomic E-state index is 0.248. The van der Waals surface area contributed by atoms with Gasteiger partial charge in [0.05, 0.1) is 6.10 Å². The van der Waals surface area contributed by atoms with Gasteiger partial charge in [-0.15, -0.1) is 0 Å². The third kappa shape index (κ3) is 2.82. The number of piperidine rings is 1. The Morgan fingerprint density at radius 1 is 1.38 bits per heavy atom. The fourth-order valence-electron chi connectivity index (χ4n) is 2.33. The first-order valence-electron chi connectivity index (χ1n) is 5.90. The number of likely N-dealkylation sites (N-methyl/N-ethyl adjacent to an activating group) is 1. The number of aliphatic hydroxyl groups is 1. The van der Waals surface area contributed by atoms with Crippen LogP contribution in [-0.4, -0.2) is 42.3 Å². The lowest BCUT2D eigenvalue weighted by molar-refractivity contribution is 0.0385. The van der Waals surface area contributed by atoms with Crippen molar-refractivity contribution in [2.45, 2.75) is 25.1 Å². The Balaban J connectivity index is 1.94. The second kappa shape index (κ2) is 5.43. The van der Waals surface area contributed by atoms with Crippen molar-refractivity contribution in [1.29, 1.82) is 0 Å². The molecule has 0 aromatic heterocycles. The second-order valence-corrected chi connectivity index (χ2v) is 4.53. The van der Waals surface area contributed by atoms with E-state index in [-0.39, 0.29) is 12.1 Å². The van der Waals surface area contributed by atoms with Crippen LogP contribution in [0.1, 0.15) is 12.0 Å². The van der Waals surface area contributed by atoms with Crippen LogP contribution >= 0.6 is 0 Å². The molecule has 0 saturated carbocycles. The fraction of sp³-hybridized carbons (Fsp3) is 0.538. The highest BCUT2D eigenvalue weighted by Crippen LogP contribution is 2.13. The minimum atomic E-state index is -0.248. The van der Waals surface area contributed by atoms with E-state index in [1.54, 1.807) is 0 Å². The molecular formula is C13H20N2O. The summed E-state index contributed by atoms with van der Waals surface area (Å²) >= 11 is 0. The van der Waals surface area contributed by atoms with Gasteiger partial charge in [-0.3, -0.25) is 4.90 Å². The summed E-state index contributed by atoms with van der Waals surface area (Å²) in [4.78, 5) is 2.25. The predicted molar refractivity (Wildman–Crippen MR) is 65.2 cm³/mol. The Morgan fingerprint density at radius 3 is 2.81 bits per heavy atom. The molecule has 3 nitrogen and oxygen atoms in total. The van der Waals surface area contributed by atoms with Crippen LogP contribution in [0, 0.1) is 0 Å². The molecule has 2 rings (SSSR count). The molecule has 1 heterocycles. The predicted octanol–water partition coefficient (Wildman–Crippen LogP) is 0.841. The standard InChI is InChI=1S/C13H20N2O/c1-15(10-11-5-3-2-4-6-11)12-7-8-14-9-13(12)16/h2-6,12-14,16H,7-10H2,1H3. The van der Waals surface area contributed by atoms with E-state index in [2.05, 4.69) is 41.5 Å². The molecule has 0 bridgehead atoms.